The Bertz CT molecular complexity index is 742. The molecule has 0 aromatic heterocycles. The number of piperidine rings is 1. The summed E-state index contributed by atoms with van der Waals surface area (Å²) in [4.78, 5) is 13.7. The number of carbonyl (C=O) groups is 1. The van der Waals surface area contributed by atoms with Gasteiger partial charge in [0.1, 0.15) is 5.82 Å². The van der Waals surface area contributed by atoms with Crippen LogP contribution in [0.4, 0.5) is 8.78 Å². The molecule has 2 saturated heterocycles. The summed E-state index contributed by atoms with van der Waals surface area (Å²) in [5.41, 5.74) is -2.06. The number of amides is 1. The van der Waals surface area contributed by atoms with Crippen molar-refractivity contribution in [3.8, 4) is 0 Å². The molecule has 0 aliphatic carbocycles. The molecule has 0 unspecified atom stereocenters. The van der Waals surface area contributed by atoms with Gasteiger partial charge in [-0.05, 0) is 18.2 Å². The summed E-state index contributed by atoms with van der Waals surface area (Å²) in [5, 5.41) is 0. The molecule has 9 heteroatoms. The molecular formula is C16H20F2N2O4S. The number of alkyl halides is 1. The van der Waals surface area contributed by atoms with Crippen molar-refractivity contribution in [1.82, 2.24) is 9.21 Å². The lowest BCUT2D eigenvalue weighted by atomic mass is 9.92. The number of hydrogen-bond acceptors (Lipinski definition) is 4. The highest BCUT2D eigenvalue weighted by molar-refractivity contribution is 7.89. The van der Waals surface area contributed by atoms with Gasteiger partial charge in [-0.15, -0.1) is 0 Å². The van der Waals surface area contributed by atoms with E-state index in [0.717, 1.165) is 16.4 Å². The number of rotatable bonds is 3. The van der Waals surface area contributed by atoms with Gasteiger partial charge in [0, 0.05) is 39.0 Å². The van der Waals surface area contributed by atoms with E-state index in [1.807, 2.05) is 0 Å². The molecule has 0 saturated carbocycles. The number of carbonyl (C=O) groups excluding carboxylic acids is 1. The number of morpholine rings is 1. The molecule has 1 aromatic rings. The maximum absolute atomic E-state index is 15.1. The summed E-state index contributed by atoms with van der Waals surface area (Å²) < 4.78 is 59.7. The van der Waals surface area contributed by atoms with Gasteiger partial charge >= 0.3 is 0 Å². The topological polar surface area (TPSA) is 66.9 Å². The summed E-state index contributed by atoms with van der Waals surface area (Å²) in [6, 6.07) is 4.70. The largest absolute Gasteiger partial charge is 0.378 e. The van der Waals surface area contributed by atoms with Gasteiger partial charge in [-0.2, -0.15) is 4.31 Å². The maximum atomic E-state index is 15.1. The fourth-order valence-electron chi connectivity index (χ4n) is 3.12. The van der Waals surface area contributed by atoms with E-state index >= 15 is 4.39 Å². The van der Waals surface area contributed by atoms with Crippen LogP contribution in [-0.2, 0) is 19.6 Å². The minimum atomic E-state index is -3.90. The predicted octanol–water partition coefficient (Wildman–Crippen LogP) is 1.18. The first-order chi connectivity index (χ1) is 11.8. The number of nitrogens with zero attached hydrogens (tertiary/aromatic N) is 2. The first-order valence-corrected chi connectivity index (χ1v) is 9.59. The average Bonchev–Trinajstić information content (AvgIpc) is 2.62. The van der Waals surface area contributed by atoms with E-state index in [1.54, 1.807) is 0 Å². The summed E-state index contributed by atoms with van der Waals surface area (Å²) in [7, 11) is -3.90. The molecule has 0 radical (unpaired) electrons. The van der Waals surface area contributed by atoms with Crippen LogP contribution >= 0.6 is 0 Å². The zero-order chi connectivity index (χ0) is 18.1. The highest BCUT2D eigenvalue weighted by Crippen LogP contribution is 2.32. The molecule has 0 N–H and O–H groups in total. The van der Waals surface area contributed by atoms with Crippen LogP contribution in [0.5, 0.6) is 0 Å². The van der Waals surface area contributed by atoms with Crippen LogP contribution in [0, 0.1) is 5.82 Å². The standard InChI is InChI=1S/C16H20F2N2O4S/c17-13-2-1-3-14(12-13)25(22,23)20-6-4-16(18,5-7-20)15(21)19-8-10-24-11-9-19/h1-3,12H,4-11H2. The van der Waals surface area contributed by atoms with E-state index in [4.69, 9.17) is 4.74 Å². The maximum Gasteiger partial charge on any atom is 0.260 e. The van der Waals surface area contributed by atoms with Gasteiger partial charge in [-0.3, -0.25) is 4.79 Å². The third kappa shape index (κ3) is 3.68. The van der Waals surface area contributed by atoms with E-state index in [1.165, 1.54) is 17.0 Å². The summed E-state index contributed by atoms with van der Waals surface area (Å²) in [6.45, 7) is 1.20. The van der Waals surface area contributed by atoms with Gasteiger partial charge in [0.15, 0.2) is 5.67 Å². The first kappa shape index (κ1) is 18.2. The molecule has 25 heavy (non-hydrogen) atoms. The van der Waals surface area contributed by atoms with Crippen LogP contribution < -0.4 is 0 Å². The van der Waals surface area contributed by atoms with Crippen LogP contribution in [0.2, 0.25) is 0 Å². The van der Waals surface area contributed by atoms with Crippen LogP contribution in [0.15, 0.2) is 29.2 Å². The smallest absolute Gasteiger partial charge is 0.260 e. The summed E-state index contributed by atoms with van der Waals surface area (Å²) >= 11 is 0. The Labute approximate surface area is 145 Å². The third-order valence-corrected chi connectivity index (χ3v) is 6.53. The Hall–Kier alpha value is -1.58. The van der Waals surface area contributed by atoms with Crippen molar-refractivity contribution in [2.75, 3.05) is 39.4 Å². The Balaban J connectivity index is 1.69. The third-order valence-electron chi connectivity index (χ3n) is 4.63. The lowest BCUT2D eigenvalue weighted by Gasteiger charge is -2.38. The van der Waals surface area contributed by atoms with E-state index in [2.05, 4.69) is 0 Å². The molecule has 3 rings (SSSR count). The molecule has 2 fully saturated rings. The van der Waals surface area contributed by atoms with Crippen molar-refractivity contribution in [3.63, 3.8) is 0 Å². The second-order valence-electron chi connectivity index (χ2n) is 6.23. The van der Waals surface area contributed by atoms with Crippen molar-refractivity contribution < 1.29 is 26.7 Å². The van der Waals surface area contributed by atoms with Crippen molar-refractivity contribution in [2.45, 2.75) is 23.4 Å². The molecular weight excluding hydrogens is 354 g/mol. The number of halogens is 2. The predicted molar refractivity (Wildman–Crippen MR) is 85.6 cm³/mol. The summed E-state index contributed by atoms with van der Waals surface area (Å²) in [5.74, 6) is -1.25. The lowest BCUT2D eigenvalue weighted by molar-refractivity contribution is -0.150. The Morgan fingerprint density at radius 1 is 1.12 bits per heavy atom. The molecule has 0 bridgehead atoms. The highest BCUT2D eigenvalue weighted by Gasteiger charge is 2.46. The van der Waals surface area contributed by atoms with Gasteiger partial charge in [0.25, 0.3) is 5.91 Å². The first-order valence-electron chi connectivity index (χ1n) is 8.15. The molecule has 2 heterocycles. The van der Waals surface area contributed by atoms with Gasteiger partial charge in [0.2, 0.25) is 10.0 Å². The SMILES string of the molecule is O=C(N1CCOCC1)C1(F)CCN(S(=O)(=O)c2cccc(F)c2)CC1. The van der Waals surface area contributed by atoms with Crippen molar-refractivity contribution in [3.05, 3.63) is 30.1 Å². The molecule has 6 nitrogen and oxygen atoms in total. The van der Waals surface area contributed by atoms with E-state index in [0.29, 0.717) is 26.3 Å². The number of sulfonamides is 1. The molecule has 1 aromatic carbocycles. The minimum Gasteiger partial charge on any atom is -0.378 e. The molecule has 2 aliphatic heterocycles. The van der Waals surface area contributed by atoms with Crippen molar-refractivity contribution >= 4 is 15.9 Å². The zero-order valence-corrected chi connectivity index (χ0v) is 14.5. The fourth-order valence-corrected chi connectivity index (χ4v) is 4.59. The van der Waals surface area contributed by atoms with Crippen LogP contribution in [0.1, 0.15) is 12.8 Å². The lowest BCUT2D eigenvalue weighted by Crippen LogP contribution is -2.55. The fraction of sp³-hybridized carbons (Fsp3) is 0.562. The second-order valence-corrected chi connectivity index (χ2v) is 8.17. The molecule has 0 atom stereocenters. The Morgan fingerprint density at radius 3 is 2.36 bits per heavy atom. The second kappa shape index (κ2) is 6.97. The van der Waals surface area contributed by atoms with Gasteiger partial charge in [-0.1, -0.05) is 6.07 Å². The van der Waals surface area contributed by atoms with Gasteiger partial charge < -0.3 is 9.64 Å². The molecule has 0 spiro atoms. The van der Waals surface area contributed by atoms with Crippen LogP contribution in [0.3, 0.4) is 0 Å². The zero-order valence-electron chi connectivity index (χ0n) is 13.7. The van der Waals surface area contributed by atoms with E-state index in [-0.39, 0.29) is 30.8 Å². The number of ether oxygens (including phenoxy) is 1. The Kier molecular flexibility index (Phi) is 5.08. The van der Waals surface area contributed by atoms with Gasteiger partial charge in [-0.25, -0.2) is 17.2 Å². The quantitative estimate of drug-likeness (QED) is 0.797. The monoisotopic (exact) mass is 374 g/mol. The number of benzene rings is 1. The van der Waals surface area contributed by atoms with Crippen LogP contribution in [-0.4, -0.2) is 68.6 Å². The van der Waals surface area contributed by atoms with Crippen molar-refractivity contribution in [2.24, 2.45) is 0 Å². The van der Waals surface area contributed by atoms with Crippen molar-refractivity contribution in [1.29, 1.82) is 0 Å². The average molecular weight is 374 g/mol. The van der Waals surface area contributed by atoms with E-state index in [9.17, 15) is 17.6 Å². The molecule has 1 amide bonds. The number of hydrogen-bond donors (Lipinski definition) is 0. The Morgan fingerprint density at radius 2 is 1.76 bits per heavy atom. The van der Waals surface area contributed by atoms with Crippen LogP contribution in [0.25, 0.3) is 0 Å². The highest BCUT2D eigenvalue weighted by atomic mass is 32.2. The van der Waals surface area contributed by atoms with Gasteiger partial charge in [0.05, 0.1) is 18.1 Å². The summed E-state index contributed by atoms with van der Waals surface area (Å²) in [6.07, 6.45) is -0.421. The van der Waals surface area contributed by atoms with E-state index < -0.39 is 27.4 Å². The minimum absolute atomic E-state index is 0.120. The molecule has 138 valence electrons. The molecule has 2 aliphatic rings. The normalized spacial score (nSPS) is 21.9.